The predicted octanol–water partition coefficient (Wildman–Crippen LogP) is 2.18. The van der Waals surface area contributed by atoms with Gasteiger partial charge in [0, 0.05) is 23.4 Å². The average molecular weight is 295 g/mol. The highest BCUT2D eigenvalue weighted by molar-refractivity contribution is 7.09. The molecule has 2 unspecified atom stereocenters. The molecule has 0 saturated carbocycles. The van der Waals surface area contributed by atoms with Gasteiger partial charge in [-0.25, -0.2) is 4.98 Å². The molecule has 0 spiro atoms. The molecular weight excluding hydrogens is 270 g/mol. The lowest BCUT2D eigenvalue weighted by molar-refractivity contribution is -0.131. The van der Waals surface area contributed by atoms with Crippen LogP contribution in [0.5, 0.6) is 0 Å². The number of nitrogens with two attached hydrogens (primary N) is 1. The molecule has 1 fully saturated rings. The van der Waals surface area contributed by atoms with Crippen LogP contribution in [0.25, 0.3) is 0 Å². The van der Waals surface area contributed by atoms with E-state index in [0.717, 1.165) is 23.7 Å². The number of hydrogen-bond acceptors (Lipinski definition) is 4. The van der Waals surface area contributed by atoms with Gasteiger partial charge >= 0.3 is 0 Å². The lowest BCUT2D eigenvalue weighted by Gasteiger charge is -2.21. The first-order valence-electron chi connectivity index (χ1n) is 7.25. The minimum atomic E-state index is 0.0531. The highest BCUT2D eigenvalue weighted by atomic mass is 32.1. The number of carbonyl (C=O) groups excluding carboxylic acids is 1. The van der Waals surface area contributed by atoms with Crippen molar-refractivity contribution in [1.29, 1.82) is 0 Å². The number of nitrogens with zero attached hydrogens (tertiary/aromatic N) is 2. The Kier molecular flexibility index (Phi) is 4.49. The highest BCUT2D eigenvalue weighted by Crippen LogP contribution is 2.27. The quantitative estimate of drug-likeness (QED) is 0.930. The van der Waals surface area contributed by atoms with Gasteiger partial charge in [0.05, 0.1) is 17.1 Å². The van der Waals surface area contributed by atoms with Crippen molar-refractivity contribution in [3.63, 3.8) is 0 Å². The van der Waals surface area contributed by atoms with Crippen LogP contribution in [0.2, 0.25) is 0 Å². The molecule has 112 valence electrons. The van der Waals surface area contributed by atoms with Gasteiger partial charge in [0.2, 0.25) is 5.91 Å². The molecule has 20 heavy (non-hydrogen) atoms. The van der Waals surface area contributed by atoms with Gasteiger partial charge in [-0.05, 0) is 25.8 Å². The topological polar surface area (TPSA) is 59.2 Å². The van der Waals surface area contributed by atoms with Gasteiger partial charge in [-0.2, -0.15) is 0 Å². The van der Waals surface area contributed by atoms with E-state index in [0.29, 0.717) is 24.9 Å². The summed E-state index contributed by atoms with van der Waals surface area (Å²) in [6.45, 7) is 10.0. The fourth-order valence-electron chi connectivity index (χ4n) is 2.65. The molecule has 2 heterocycles. The maximum absolute atomic E-state index is 12.4. The van der Waals surface area contributed by atoms with Crippen molar-refractivity contribution in [2.75, 3.05) is 13.1 Å². The first kappa shape index (κ1) is 15.4. The van der Waals surface area contributed by atoms with Crippen LogP contribution in [0.1, 0.15) is 44.8 Å². The molecule has 0 bridgehead atoms. The summed E-state index contributed by atoms with van der Waals surface area (Å²) >= 11 is 1.65. The van der Waals surface area contributed by atoms with Crippen molar-refractivity contribution >= 4 is 17.2 Å². The Labute approximate surface area is 125 Å². The van der Waals surface area contributed by atoms with Gasteiger partial charge in [0.15, 0.2) is 0 Å². The van der Waals surface area contributed by atoms with Gasteiger partial charge in [0.25, 0.3) is 0 Å². The summed E-state index contributed by atoms with van der Waals surface area (Å²) in [4.78, 5) is 19.0. The second-order valence-corrected chi connectivity index (χ2v) is 7.66. The maximum atomic E-state index is 12.4. The van der Waals surface area contributed by atoms with E-state index in [1.807, 2.05) is 10.3 Å². The summed E-state index contributed by atoms with van der Waals surface area (Å²) in [5.74, 6) is 0.633. The molecule has 1 aliphatic heterocycles. The van der Waals surface area contributed by atoms with Crippen molar-refractivity contribution < 1.29 is 4.79 Å². The first-order chi connectivity index (χ1) is 9.31. The van der Waals surface area contributed by atoms with Crippen LogP contribution in [0, 0.1) is 5.92 Å². The van der Waals surface area contributed by atoms with Gasteiger partial charge in [-0.1, -0.05) is 20.8 Å². The molecule has 1 aromatic rings. The second kappa shape index (κ2) is 5.82. The Hall–Kier alpha value is -0.940. The smallest absolute Gasteiger partial charge is 0.228 e. The lowest BCUT2D eigenvalue weighted by atomic mass is 9.98. The molecule has 2 rings (SSSR count). The number of thiazole rings is 1. The molecule has 2 N–H and O–H groups in total. The zero-order valence-corrected chi connectivity index (χ0v) is 13.7. The summed E-state index contributed by atoms with van der Waals surface area (Å²) in [6, 6.07) is 0.303. The third-order valence-corrected chi connectivity index (χ3v) is 5.16. The summed E-state index contributed by atoms with van der Waals surface area (Å²) in [5, 5.41) is 3.11. The van der Waals surface area contributed by atoms with Crippen molar-refractivity contribution in [2.24, 2.45) is 11.7 Å². The monoisotopic (exact) mass is 295 g/mol. The van der Waals surface area contributed by atoms with Crippen LogP contribution in [0.15, 0.2) is 5.38 Å². The highest BCUT2D eigenvalue weighted by Gasteiger charge is 2.31. The molecular formula is C15H25N3OS. The SMILES string of the molecule is CC1CC(CN)CN1C(=O)Cc1csc(C(C)(C)C)n1. The van der Waals surface area contributed by atoms with Gasteiger partial charge < -0.3 is 10.6 Å². The standard InChI is InChI=1S/C15H25N3OS/c1-10-5-11(7-16)8-18(10)13(19)6-12-9-20-14(17-12)15(2,3)4/h9-11H,5-8,16H2,1-4H3. The molecule has 1 amide bonds. The Bertz CT molecular complexity index is 478. The maximum Gasteiger partial charge on any atom is 0.228 e. The van der Waals surface area contributed by atoms with E-state index < -0.39 is 0 Å². The Morgan fingerprint density at radius 2 is 2.25 bits per heavy atom. The fourth-order valence-corrected chi connectivity index (χ4v) is 3.56. The molecule has 2 atom stereocenters. The summed E-state index contributed by atoms with van der Waals surface area (Å²) in [5.41, 5.74) is 6.66. The number of hydrogen-bond donors (Lipinski definition) is 1. The molecule has 0 radical (unpaired) electrons. The first-order valence-corrected chi connectivity index (χ1v) is 8.13. The summed E-state index contributed by atoms with van der Waals surface area (Å²) in [7, 11) is 0. The van der Waals surface area contributed by atoms with Gasteiger partial charge in [-0.3, -0.25) is 4.79 Å². The van der Waals surface area contributed by atoms with Crippen LogP contribution in [0.4, 0.5) is 0 Å². The van der Waals surface area contributed by atoms with Gasteiger partial charge in [0.1, 0.15) is 0 Å². The van der Waals surface area contributed by atoms with E-state index in [1.54, 1.807) is 11.3 Å². The van der Waals surface area contributed by atoms with E-state index in [9.17, 15) is 4.79 Å². The summed E-state index contributed by atoms with van der Waals surface area (Å²) < 4.78 is 0. The van der Waals surface area contributed by atoms with Crippen LogP contribution >= 0.6 is 11.3 Å². The third-order valence-electron chi connectivity index (χ3n) is 3.84. The van der Waals surface area contributed by atoms with Crippen LogP contribution < -0.4 is 5.73 Å². The van der Waals surface area contributed by atoms with E-state index in [2.05, 4.69) is 32.7 Å². The Balaban J connectivity index is 2.00. The summed E-state index contributed by atoms with van der Waals surface area (Å²) in [6.07, 6.45) is 1.43. The zero-order valence-electron chi connectivity index (χ0n) is 12.8. The number of rotatable bonds is 3. The lowest BCUT2D eigenvalue weighted by Crippen LogP contribution is -2.35. The largest absolute Gasteiger partial charge is 0.339 e. The van der Waals surface area contributed by atoms with E-state index in [1.165, 1.54) is 0 Å². The predicted molar refractivity (Wildman–Crippen MR) is 82.9 cm³/mol. The van der Waals surface area contributed by atoms with Crippen molar-refractivity contribution in [3.8, 4) is 0 Å². The van der Waals surface area contributed by atoms with E-state index in [-0.39, 0.29) is 11.3 Å². The minimum Gasteiger partial charge on any atom is -0.339 e. The fraction of sp³-hybridized carbons (Fsp3) is 0.733. The molecule has 1 aromatic heterocycles. The van der Waals surface area contributed by atoms with Crippen molar-refractivity contribution in [1.82, 2.24) is 9.88 Å². The molecule has 1 aliphatic rings. The van der Waals surface area contributed by atoms with Crippen LogP contribution in [-0.4, -0.2) is 34.9 Å². The van der Waals surface area contributed by atoms with Crippen molar-refractivity contribution in [3.05, 3.63) is 16.1 Å². The minimum absolute atomic E-state index is 0.0531. The Morgan fingerprint density at radius 3 is 2.75 bits per heavy atom. The third kappa shape index (κ3) is 3.38. The number of amides is 1. The zero-order chi connectivity index (χ0) is 14.9. The number of aromatic nitrogens is 1. The molecule has 4 nitrogen and oxygen atoms in total. The van der Waals surface area contributed by atoms with E-state index in [4.69, 9.17) is 5.73 Å². The second-order valence-electron chi connectivity index (χ2n) is 6.80. The van der Waals surface area contributed by atoms with Gasteiger partial charge in [-0.15, -0.1) is 11.3 Å². The number of likely N-dealkylation sites (tertiary alicyclic amines) is 1. The van der Waals surface area contributed by atoms with Crippen LogP contribution in [0.3, 0.4) is 0 Å². The Morgan fingerprint density at radius 1 is 1.55 bits per heavy atom. The number of carbonyl (C=O) groups is 1. The normalized spacial score (nSPS) is 23.4. The molecule has 0 aromatic carbocycles. The molecule has 1 saturated heterocycles. The van der Waals surface area contributed by atoms with Crippen LogP contribution in [-0.2, 0) is 16.6 Å². The average Bonchev–Trinajstić information content (AvgIpc) is 2.94. The molecule has 5 heteroatoms. The van der Waals surface area contributed by atoms with Crippen molar-refractivity contribution in [2.45, 2.75) is 52.0 Å². The van der Waals surface area contributed by atoms with E-state index >= 15 is 0 Å². The molecule has 0 aliphatic carbocycles.